The molecule has 2 heterocycles. The van der Waals surface area contributed by atoms with Gasteiger partial charge in [0, 0.05) is 5.41 Å². The fourth-order valence-electron chi connectivity index (χ4n) is 6.47. The van der Waals surface area contributed by atoms with E-state index in [4.69, 9.17) is 19.9 Å². The van der Waals surface area contributed by atoms with E-state index in [9.17, 15) is 14.2 Å². The van der Waals surface area contributed by atoms with Crippen LogP contribution >= 0.6 is 7.44 Å². The van der Waals surface area contributed by atoms with Gasteiger partial charge < -0.3 is 24.5 Å². The highest BCUT2D eigenvalue weighted by Crippen LogP contribution is 2.54. The van der Waals surface area contributed by atoms with Crippen LogP contribution in [0.15, 0.2) is 12.7 Å². The largest absolute Gasteiger partial charge is 0.464 e. The van der Waals surface area contributed by atoms with Crippen molar-refractivity contribution in [3.63, 3.8) is 0 Å². The fourth-order valence-corrected chi connectivity index (χ4v) is 9.11. The average Bonchev–Trinajstić information content (AvgIpc) is 3.70. The third kappa shape index (κ3) is 9.02. The second-order valence-corrected chi connectivity index (χ2v) is 16.3. The quantitative estimate of drug-likeness (QED) is 0.113. The highest BCUT2D eigenvalue weighted by Gasteiger charge is 2.47. The van der Waals surface area contributed by atoms with Gasteiger partial charge in [0.05, 0.1) is 32.2 Å². The summed E-state index contributed by atoms with van der Waals surface area (Å²) in [6.07, 6.45) is 11.7. The maximum Gasteiger partial charge on any atom is 0.326 e. The van der Waals surface area contributed by atoms with Crippen molar-refractivity contribution in [2.45, 2.75) is 123 Å². The number of hydrogen-bond donors (Lipinski definition) is 3. The summed E-state index contributed by atoms with van der Waals surface area (Å²) >= 11 is 0. The van der Waals surface area contributed by atoms with Gasteiger partial charge in [-0.25, -0.2) is 25.1 Å². The number of carbonyl (C=O) groups excluding carboxylic acids is 2. The van der Waals surface area contributed by atoms with Crippen LogP contribution in [0.5, 0.6) is 0 Å². The number of ether oxygens (including phenoxy) is 3. The second kappa shape index (κ2) is 14.4. The number of hydrogen-bond acceptors (Lipinski definition) is 10. The van der Waals surface area contributed by atoms with Crippen molar-refractivity contribution in [2.75, 3.05) is 25.3 Å². The molecular formula is C31H52N7O6P. The number of nitrogen functional groups attached to an aromatic ring is 1. The molecular weight excluding hydrogens is 597 g/mol. The first kappa shape index (κ1) is 35.3. The standard InChI is InChI=1S/C31H52N7O6P/c1-7-8-9-10-15-42-27(39)29(3,4)36-45(41,21-44-22(2)17-38-20-35-24-25(32)33-19-34-26(24)38)37-30(5,6)28(40)43-18-31-13-11-23(16-31)12-14-31/h19-20,22-23H,7-18,21H2,1-6H3,(H2,32,33,34)(H2,36,37,41)/t22-,23?,31?,45?/m1/s1. The maximum absolute atomic E-state index is 14.6. The summed E-state index contributed by atoms with van der Waals surface area (Å²) in [5, 5.41) is 6.00. The average molecular weight is 650 g/mol. The Balaban J connectivity index is 1.44. The SMILES string of the molecule is CCCCCCOC(=O)C(C)(C)NP(=O)(CO[C@H](C)Cn1cnc2c(N)ncnc21)NC(C)(C)C(=O)OCC12CCC(CC1)C2. The van der Waals surface area contributed by atoms with Crippen LogP contribution in [0.25, 0.3) is 11.2 Å². The summed E-state index contributed by atoms with van der Waals surface area (Å²) < 4.78 is 33.9. The molecule has 0 amide bonds. The Morgan fingerprint density at radius 2 is 1.73 bits per heavy atom. The number of imidazole rings is 1. The molecule has 2 aliphatic rings. The smallest absolute Gasteiger partial charge is 0.326 e. The van der Waals surface area contributed by atoms with Gasteiger partial charge >= 0.3 is 11.9 Å². The lowest BCUT2D eigenvalue weighted by atomic mass is 9.85. The van der Waals surface area contributed by atoms with Gasteiger partial charge in [-0.2, -0.15) is 0 Å². The summed E-state index contributed by atoms with van der Waals surface area (Å²) in [4.78, 5) is 39.0. The minimum absolute atomic E-state index is 0.0624. The number of nitrogens with zero attached hydrogens (tertiary/aromatic N) is 4. The summed E-state index contributed by atoms with van der Waals surface area (Å²) in [7, 11) is -3.78. The molecule has 4 rings (SSSR count). The number of rotatable bonds is 18. The van der Waals surface area contributed by atoms with Crippen molar-refractivity contribution in [3.8, 4) is 0 Å². The molecule has 0 radical (unpaired) electrons. The molecule has 0 spiro atoms. The molecule has 2 fully saturated rings. The highest BCUT2D eigenvalue weighted by atomic mass is 31.2. The lowest BCUT2D eigenvalue weighted by Gasteiger charge is -2.36. The van der Waals surface area contributed by atoms with Gasteiger partial charge in [0.2, 0.25) is 7.44 Å². The Hall–Kier alpha value is -2.60. The Morgan fingerprint density at radius 1 is 1.07 bits per heavy atom. The summed E-state index contributed by atoms with van der Waals surface area (Å²) in [5.41, 5.74) is 4.35. The second-order valence-electron chi connectivity index (χ2n) is 14.1. The number of nitrogens with two attached hydrogens (primary N) is 1. The van der Waals surface area contributed by atoms with E-state index in [2.05, 4.69) is 32.1 Å². The number of unbranched alkanes of at least 4 members (excludes halogenated alkanes) is 3. The van der Waals surface area contributed by atoms with E-state index in [1.807, 2.05) is 6.92 Å². The molecule has 13 nitrogen and oxygen atoms in total. The van der Waals surface area contributed by atoms with Crippen LogP contribution in [0, 0.1) is 11.3 Å². The molecule has 2 aromatic rings. The minimum Gasteiger partial charge on any atom is -0.464 e. The van der Waals surface area contributed by atoms with Gasteiger partial charge in [-0.05, 0) is 79.1 Å². The zero-order valence-electron chi connectivity index (χ0n) is 27.8. The molecule has 2 atom stereocenters. The molecule has 252 valence electrons. The zero-order valence-corrected chi connectivity index (χ0v) is 28.7. The number of aromatic nitrogens is 4. The summed E-state index contributed by atoms with van der Waals surface area (Å²) in [6, 6.07) is 0. The molecule has 2 saturated carbocycles. The van der Waals surface area contributed by atoms with Gasteiger partial charge in [0.15, 0.2) is 11.5 Å². The Morgan fingerprint density at radius 3 is 2.36 bits per heavy atom. The predicted molar refractivity (Wildman–Crippen MR) is 172 cm³/mol. The van der Waals surface area contributed by atoms with Crippen LogP contribution in [0.1, 0.15) is 99.3 Å². The molecule has 2 aliphatic carbocycles. The zero-order chi connectivity index (χ0) is 32.9. The lowest BCUT2D eigenvalue weighted by Crippen LogP contribution is -2.54. The van der Waals surface area contributed by atoms with Gasteiger partial charge in [-0.3, -0.25) is 14.2 Å². The number of esters is 2. The van der Waals surface area contributed by atoms with Crippen molar-refractivity contribution >= 4 is 36.4 Å². The van der Waals surface area contributed by atoms with Crippen molar-refractivity contribution in [1.29, 1.82) is 0 Å². The number of anilines is 1. The molecule has 2 bridgehead atoms. The third-order valence-corrected chi connectivity index (χ3v) is 11.3. The molecule has 1 unspecified atom stereocenters. The first-order chi connectivity index (χ1) is 21.2. The molecule has 2 aromatic heterocycles. The molecule has 14 heteroatoms. The van der Waals surface area contributed by atoms with Gasteiger partial charge in [0.25, 0.3) is 0 Å². The molecule has 0 aliphatic heterocycles. The third-order valence-electron chi connectivity index (χ3n) is 8.99. The van der Waals surface area contributed by atoms with Crippen molar-refractivity contribution in [1.82, 2.24) is 29.7 Å². The molecule has 0 saturated heterocycles. The van der Waals surface area contributed by atoms with E-state index < -0.39 is 36.6 Å². The summed E-state index contributed by atoms with van der Waals surface area (Å²) in [6.45, 7) is 11.4. The summed E-state index contributed by atoms with van der Waals surface area (Å²) in [5.74, 6) is -0.0234. The number of nitrogens with one attached hydrogen (secondary N) is 2. The van der Waals surface area contributed by atoms with E-state index in [0.717, 1.165) is 50.9 Å². The normalized spacial score (nSPS) is 22.0. The van der Waals surface area contributed by atoms with Crippen LogP contribution in [0.4, 0.5) is 5.82 Å². The number of fused-ring (bicyclic) bond motifs is 3. The van der Waals surface area contributed by atoms with E-state index in [1.165, 1.54) is 19.2 Å². The van der Waals surface area contributed by atoms with E-state index >= 15 is 0 Å². The van der Waals surface area contributed by atoms with Crippen LogP contribution < -0.4 is 15.9 Å². The van der Waals surface area contributed by atoms with Crippen LogP contribution in [0.3, 0.4) is 0 Å². The predicted octanol–water partition coefficient (Wildman–Crippen LogP) is 4.95. The molecule has 45 heavy (non-hydrogen) atoms. The van der Waals surface area contributed by atoms with E-state index in [0.29, 0.717) is 24.3 Å². The Bertz CT molecular complexity index is 1370. The lowest BCUT2D eigenvalue weighted by molar-refractivity contribution is -0.153. The van der Waals surface area contributed by atoms with Crippen LogP contribution in [-0.2, 0) is 34.9 Å². The van der Waals surface area contributed by atoms with E-state index in [-0.39, 0.29) is 24.2 Å². The minimum atomic E-state index is -3.78. The molecule has 4 N–H and O–H groups in total. The Labute approximate surface area is 266 Å². The van der Waals surface area contributed by atoms with E-state index in [1.54, 1.807) is 38.6 Å². The van der Waals surface area contributed by atoms with Gasteiger partial charge in [-0.1, -0.05) is 26.2 Å². The van der Waals surface area contributed by atoms with Crippen LogP contribution in [-0.4, -0.2) is 68.2 Å². The van der Waals surface area contributed by atoms with Crippen molar-refractivity contribution in [2.24, 2.45) is 11.3 Å². The van der Waals surface area contributed by atoms with Crippen LogP contribution in [0.2, 0.25) is 0 Å². The number of carbonyl (C=O) groups is 2. The van der Waals surface area contributed by atoms with Gasteiger partial charge in [-0.15, -0.1) is 0 Å². The fraction of sp³-hybridized carbons (Fsp3) is 0.774. The first-order valence-corrected chi connectivity index (χ1v) is 18.1. The van der Waals surface area contributed by atoms with Gasteiger partial charge in [0.1, 0.15) is 29.3 Å². The van der Waals surface area contributed by atoms with Crippen molar-refractivity contribution in [3.05, 3.63) is 12.7 Å². The topological polar surface area (TPSA) is 173 Å². The van der Waals surface area contributed by atoms with Crippen molar-refractivity contribution < 1.29 is 28.4 Å². The first-order valence-electron chi connectivity index (χ1n) is 16.2. The monoisotopic (exact) mass is 649 g/mol. The maximum atomic E-state index is 14.6. The Kier molecular flexibility index (Phi) is 11.3. The highest BCUT2D eigenvalue weighted by molar-refractivity contribution is 7.59. The molecule has 0 aromatic carbocycles.